The van der Waals surface area contributed by atoms with Crippen molar-refractivity contribution in [3.63, 3.8) is 0 Å². The van der Waals surface area contributed by atoms with Crippen LogP contribution in [0, 0.1) is 0 Å². The number of fused-ring (bicyclic) bond motifs is 2. The predicted octanol–water partition coefficient (Wildman–Crippen LogP) is 3.49. The highest BCUT2D eigenvalue weighted by Crippen LogP contribution is 2.39. The molecule has 1 aromatic heterocycles. The number of carbonyl (C=O) groups is 1. The Morgan fingerprint density at radius 3 is 2.71 bits per heavy atom. The van der Waals surface area contributed by atoms with Crippen LogP contribution in [0.5, 0.6) is 0 Å². The number of hydrogen-bond acceptors (Lipinski definition) is 4. The summed E-state index contributed by atoms with van der Waals surface area (Å²) in [7, 11) is -3.84. The van der Waals surface area contributed by atoms with Crippen molar-refractivity contribution in [2.24, 2.45) is 5.14 Å². The first-order valence-corrected chi connectivity index (χ1v) is 11.6. The molecule has 2 N–H and O–H groups in total. The van der Waals surface area contributed by atoms with Crippen LogP contribution in [0.2, 0.25) is 0 Å². The molecule has 1 unspecified atom stereocenters. The van der Waals surface area contributed by atoms with Crippen LogP contribution in [0.25, 0.3) is 17.3 Å². The van der Waals surface area contributed by atoms with Gasteiger partial charge in [-0.1, -0.05) is 31.2 Å². The van der Waals surface area contributed by atoms with E-state index in [-0.39, 0.29) is 16.7 Å². The number of pyridine rings is 1. The highest BCUT2D eigenvalue weighted by atomic mass is 32.2. The number of anilines is 1. The molecule has 2 aliphatic rings. The van der Waals surface area contributed by atoms with Gasteiger partial charge in [0, 0.05) is 41.9 Å². The van der Waals surface area contributed by atoms with Gasteiger partial charge in [-0.25, -0.2) is 13.6 Å². The quantitative estimate of drug-likeness (QED) is 0.687. The first-order valence-electron chi connectivity index (χ1n) is 10.0. The Labute approximate surface area is 181 Å². The van der Waals surface area contributed by atoms with Gasteiger partial charge >= 0.3 is 0 Å². The number of benzene rings is 2. The molecule has 31 heavy (non-hydrogen) atoms. The van der Waals surface area contributed by atoms with E-state index in [9.17, 15) is 13.2 Å². The van der Waals surface area contributed by atoms with Gasteiger partial charge in [0.15, 0.2) is 0 Å². The molecule has 0 fully saturated rings. The Kier molecular flexibility index (Phi) is 4.53. The highest BCUT2D eigenvalue weighted by molar-refractivity contribution is 7.89. The normalized spacial score (nSPS) is 17.3. The summed E-state index contributed by atoms with van der Waals surface area (Å²) in [4.78, 5) is 19.5. The average molecular weight is 432 g/mol. The Morgan fingerprint density at radius 2 is 1.97 bits per heavy atom. The lowest BCUT2D eigenvalue weighted by atomic mass is 10.0. The number of nitrogens with two attached hydrogens (primary N) is 1. The van der Waals surface area contributed by atoms with Crippen LogP contribution in [-0.2, 0) is 21.2 Å². The van der Waals surface area contributed by atoms with E-state index in [2.05, 4.69) is 11.1 Å². The van der Waals surface area contributed by atoms with Gasteiger partial charge in [-0.05, 0) is 53.1 Å². The smallest absolute Gasteiger partial charge is 0.254 e. The molecule has 0 saturated heterocycles. The van der Waals surface area contributed by atoms with Crippen LogP contribution in [0.4, 0.5) is 5.69 Å². The summed E-state index contributed by atoms with van der Waals surface area (Å²) in [6.07, 6.45) is 4.23. The molecule has 1 aliphatic carbocycles. The Bertz CT molecular complexity index is 1350. The summed E-state index contributed by atoms with van der Waals surface area (Å²) in [5.74, 6) is 0.0152. The van der Waals surface area contributed by atoms with Crippen molar-refractivity contribution in [1.82, 2.24) is 4.98 Å². The van der Waals surface area contributed by atoms with E-state index >= 15 is 0 Å². The molecule has 0 bridgehead atoms. The van der Waals surface area contributed by atoms with E-state index in [1.807, 2.05) is 43.3 Å². The fourth-order valence-corrected chi connectivity index (χ4v) is 4.89. The molecule has 0 spiro atoms. The van der Waals surface area contributed by atoms with Gasteiger partial charge in [0.1, 0.15) is 0 Å². The Morgan fingerprint density at radius 1 is 1.13 bits per heavy atom. The molecule has 1 amide bonds. The zero-order valence-electron chi connectivity index (χ0n) is 16.9. The second kappa shape index (κ2) is 7.14. The molecular formula is C24H21N3O3S. The number of primary sulfonamides is 1. The van der Waals surface area contributed by atoms with Gasteiger partial charge in [0.05, 0.1) is 10.6 Å². The molecule has 6 nitrogen and oxygen atoms in total. The van der Waals surface area contributed by atoms with E-state index in [0.29, 0.717) is 24.2 Å². The second-order valence-corrected chi connectivity index (χ2v) is 9.62. The fourth-order valence-electron chi connectivity index (χ4n) is 4.35. The van der Waals surface area contributed by atoms with Crippen LogP contribution in [-0.4, -0.2) is 25.9 Å². The van der Waals surface area contributed by atoms with E-state index < -0.39 is 10.0 Å². The molecule has 0 saturated carbocycles. The van der Waals surface area contributed by atoms with E-state index in [4.69, 9.17) is 5.14 Å². The zero-order valence-corrected chi connectivity index (χ0v) is 17.8. The first kappa shape index (κ1) is 19.7. The van der Waals surface area contributed by atoms with Gasteiger partial charge in [0.25, 0.3) is 5.91 Å². The summed E-state index contributed by atoms with van der Waals surface area (Å²) < 4.78 is 23.6. The topological polar surface area (TPSA) is 93.4 Å². The van der Waals surface area contributed by atoms with E-state index in [1.54, 1.807) is 17.2 Å². The predicted molar refractivity (Wildman–Crippen MR) is 120 cm³/mol. The van der Waals surface area contributed by atoms with E-state index in [1.165, 1.54) is 12.1 Å². The van der Waals surface area contributed by atoms with Crippen LogP contribution in [0.3, 0.4) is 0 Å². The number of hydrogen-bond donors (Lipinski definition) is 1. The van der Waals surface area contributed by atoms with Crippen molar-refractivity contribution < 1.29 is 13.2 Å². The summed E-state index contributed by atoms with van der Waals surface area (Å²) in [5.41, 5.74) is 6.25. The van der Waals surface area contributed by atoms with Crippen LogP contribution < -0.4 is 10.0 Å². The summed E-state index contributed by atoms with van der Waals surface area (Å²) in [6, 6.07) is 16.7. The summed E-state index contributed by atoms with van der Waals surface area (Å²) in [5, 5.41) is 5.30. The molecule has 2 aromatic carbocycles. The molecular weight excluding hydrogens is 410 g/mol. The van der Waals surface area contributed by atoms with Gasteiger partial charge < -0.3 is 4.90 Å². The van der Waals surface area contributed by atoms with Gasteiger partial charge in [0.2, 0.25) is 10.0 Å². The third-order valence-corrected chi connectivity index (χ3v) is 6.86. The average Bonchev–Trinajstić information content (AvgIpc) is 3.33. The number of aromatic nitrogens is 1. The number of sulfonamides is 1. The highest BCUT2D eigenvalue weighted by Gasteiger charge is 2.33. The molecule has 1 aliphatic heterocycles. The third-order valence-electron chi connectivity index (χ3n) is 5.95. The maximum absolute atomic E-state index is 13.4. The molecule has 156 valence electrons. The number of nitrogens with zero attached hydrogens (tertiary/aromatic N) is 2. The lowest BCUT2D eigenvalue weighted by Crippen LogP contribution is -2.31. The van der Waals surface area contributed by atoms with Crippen molar-refractivity contribution in [1.29, 1.82) is 0 Å². The third kappa shape index (κ3) is 3.45. The van der Waals surface area contributed by atoms with Crippen molar-refractivity contribution in [3.05, 3.63) is 83.1 Å². The minimum absolute atomic E-state index is 0.0156. The van der Waals surface area contributed by atoms with Crippen LogP contribution in [0.1, 0.15) is 29.5 Å². The molecule has 2 heterocycles. The molecule has 0 radical (unpaired) electrons. The first-order chi connectivity index (χ1) is 14.8. The molecule has 3 aromatic rings. The van der Waals surface area contributed by atoms with Crippen LogP contribution in [0.15, 0.2) is 71.3 Å². The molecule has 1 atom stereocenters. The SMILES string of the molecule is CC1CN(C(=O)C2=Cc3cc(-c4ccccn4)ccc3C2)c2cc(S(N)(=O)=O)ccc21. The summed E-state index contributed by atoms with van der Waals surface area (Å²) in [6.45, 7) is 2.54. The molecule has 5 rings (SSSR count). The van der Waals surface area contributed by atoms with Crippen molar-refractivity contribution >= 4 is 27.7 Å². The number of carbonyl (C=O) groups excluding carboxylic acids is 1. The number of amides is 1. The largest absolute Gasteiger partial charge is 0.308 e. The molecule has 7 heteroatoms. The lowest BCUT2D eigenvalue weighted by Gasteiger charge is -2.18. The van der Waals surface area contributed by atoms with Crippen molar-refractivity contribution in [3.8, 4) is 11.3 Å². The Hall–Kier alpha value is -3.29. The minimum atomic E-state index is -3.84. The minimum Gasteiger partial charge on any atom is -0.308 e. The zero-order chi connectivity index (χ0) is 21.8. The standard InChI is InChI=1S/C24H21N3O3S/c1-15-14-27(23-13-20(31(25,29)30)7-8-21(15)23)24(28)19-10-16-5-6-17(11-18(16)12-19)22-4-2-3-9-26-22/h2-9,11-13,15H,10,14H2,1H3,(H2,25,29,30). The maximum atomic E-state index is 13.4. The van der Waals surface area contributed by atoms with Crippen molar-refractivity contribution in [2.75, 3.05) is 11.4 Å². The van der Waals surface area contributed by atoms with E-state index in [0.717, 1.165) is 27.9 Å². The second-order valence-electron chi connectivity index (χ2n) is 8.06. The summed E-state index contributed by atoms with van der Waals surface area (Å²) >= 11 is 0. The Balaban J connectivity index is 1.47. The van der Waals surface area contributed by atoms with Crippen molar-refractivity contribution in [2.45, 2.75) is 24.2 Å². The maximum Gasteiger partial charge on any atom is 0.254 e. The van der Waals surface area contributed by atoms with Gasteiger partial charge in [-0.2, -0.15) is 0 Å². The monoisotopic (exact) mass is 431 g/mol. The lowest BCUT2D eigenvalue weighted by molar-refractivity contribution is -0.115. The number of rotatable bonds is 3. The van der Waals surface area contributed by atoms with Gasteiger partial charge in [-0.3, -0.25) is 9.78 Å². The van der Waals surface area contributed by atoms with Crippen LogP contribution >= 0.6 is 0 Å². The fraction of sp³-hybridized carbons (Fsp3) is 0.167. The van der Waals surface area contributed by atoms with Gasteiger partial charge in [-0.15, -0.1) is 0 Å².